The zero-order chi connectivity index (χ0) is 19.6. The fourth-order valence-corrected chi connectivity index (χ4v) is 5.11. The Balaban J connectivity index is 1.54. The Morgan fingerprint density at radius 2 is 1.57 bits per heavy atom. The number of hydrogen-bond acceptors (Lipinski definition) is 4. The fraction of sp³-hybridized carbons (Fsp3) is 0.273. The third kappa shape index (κ3) is 2.21. The molecule has 0 unspecified atom stereocenters. The van der Waals surface area contributed by atoms with E-state index >= 15 is 0 Å². The van der Waals surface area contributed by atoms with Gasteiger partial charge in [0.15, 0.2) is 0 Å². The lowest BCUT2D eigenvalue weighted by Gasteiger charge is -2.43. The summed E-state index contributed by atoms with van der Waals surface area (Å²) >= 11 is 0. The van der Waals surface area contributed by atoms with Crippen molar-refractivity contribution < 1.29 is 19.2 Å². The first-order valence-electron chi connectivity index (χ1n) is 9.34. The molecule has 3 aliphatic carbocycles. The number of benzene rings is 2. The summed E-state index contributed by atoms with van der Waals surface area (Å²) < 4.78 is 0. The molecular formula is C22H18N2O4. The Labute approximate surface area is 161 Å². The normalized spacial score (nSPS) is 27.6. The minimum atomic E-state index is -0.622. The molecule has 0 aromatic heterocycles. The van der Waals surface area contributed by atoms with Gasteiger partial charge in [-0.3, -0.25) is 24.1 Å². The van der Waals surface area contributed by atoms with Crippen LogP contribution in [0, 0.1) is 11.8 Å². The van der Waals surface area contributed by atoms with E-state index in [2.05, 4.69) is 5.32 Å². The van der Waals surface area contributed by atoms with Crippen LogP contribution in [0.1, 0.15) is 36.3 Å². The van der Waals surface area contributed by atoms with Gasteiger partial charge < -0.3 is 5.32 Å². The average molecular weight is 374 g/mol. The molecule has 2 aromatic rings. The molecule has 3 amide bonds. The number of nitrogens with one attached hydrogen (secondary N) is 1. The first-order chi connectivity index (χ1) is 13.5. The molecule has 6 heteroatoms. The molecule has 2 aromatic carbocycles. The lowest BCUT2D eigenvalue weighted by molar-refractivity contribution is -0.134. The topological polar surface area (TPSA) is 83.6 Å². The summed E-state index contributed by atoms with van der Waals surface area (Å²) in [6, 6.07) is 14.3. The lowest BCUT2D eigenvalue weighted by Crippen LogP contribution is -2.44. The smallest absolute Gasteiger partial charge is 0.238 e. The number of anilines is 2. The van der Waals surface area contributed by atoms with Crippen LogP contribution in [0.4, 0.5) is 11.4 Å². The van der Waals surface area contributed by atoms with Crippen molar-refractivity contribution in [1.29, 1.82) is 0 Å². The van der Waals surface area contributed by atoms with E-state index in [9.17, 15) is 19.2 Å². The maximum Gasteiger partial charge on any atom is 0.238 e. The predicted octanol–water partition coefficient (Wildman–Crippen LogP) is 2.60. The SMILES string of the molecule is CC(=O)Nc1ccc(N2C(=O)[C@@H]3[C@@H](C2=O)[C@H]2C(=O)C[C@@H]3c3ccccc32)cc1. The number of Topliss-reactive ketones (excluding diaryl/α,β-unsaturated/α-hetero) is 1. The molecule has 1 N–H and O–H groups in total. The summed E-state index contributed by atoms with van der Waals surface area (Å²) in [6.07, 6.45) is 0.317. The molecule has 28 heavy (non-hydrogen) atoms. The van der Waals surface area contributed by atoms with Crippen LogP contribution in [0.2, 0.25) is 0 Å². The van der Waals surface area contributed by atoms with Crippen molar-refractivity contribution in [3.63, 3.8) is 0 Å². The molecule has 6 nitrogen and oxygen atoms in total. The number of rotatable bonds is 2. The Kier molecular flexibility index (Phi) is 3.53. The Hall–Kier alpha value is -3.28. The largest absolute Gasteiger partial charge is 0.326 e. The lowest BCUT2D eigenvalue weighted by atomic mass is 9.56. The van der Waals surface area contributed by atoms with Crippen molar-refractivity contribution in [2.45, 2.75) is 25.2 Å². The molecule has 4 aliphatic rings. The monoisotopic (exact) mass is 374 g/mol. The Morgan fingerprint density at radius 3 is 2.25 bits per heavy atom. The summed E-state index contributed by atoms with van der Waals surface area (Å²) in [5, 5.41) is 2.66. The molecule has 2 fully saturated rings. The van der Waals surface area contributed by atoms with Gasteiger partial charge in [-0.15, -0.1) is 0 Å². The van der Waals surface area contributed by atoms with Gasteiger partial charge in [0.2, 0.25) is 17.7 Å². The second-order valence-corrected chi connectivity index (χ2v) is 7.68. The van der Waals surface area contributed by atoms with Crippen molar-refractivity contribution in [3.8, 4) is 0 Å². The summed E-state index contributed by atoms with van der Waals surface area (Å²) in [5.74, 6) is -2.57. The zero-order valence-electron chi connectivity index (χ0n) is 15.2. The predicted molar refractivity (Wildman–Crippen MR) is 102 cm³/mol. The summed E-state index contributed by atoms with van der Waals surface area (Å²) in [6.45, 7) is 1.41. The highest BCUT2D eigenvalue weighted by Crippen LogP contribution is 2.57. The Morgan fingerprint density at radius 1 is 0.929 bits per heavy atom. The molecule has 4 atom stereocenters. The van der Waals surface area contributed by atoms with Crippen LogP contribution in [-0.4, -0.2) is 23.5 Å². The quantitative estimate of drug-likeness (QED) is 0.819. The highest BCUT2D eigenvalue weighted by Gasteiger charge is 2.62. The number of ketones is 1. The summed E-state index contributed by atoms with van der Waals surface area (Å²) in [5.41, 5.74) is 2.98. The van der Waals surface area contributed by atoms with E-state index in [1.807, 2.05) is 24.3 Å². The van der Waals surface area contributed by atoms with Gasteiger partial charge in [0.05, 0.1) is 23.4 Å². The van der Waals surface area contributed by atoms with Gasteiger partial charge >= 0.3 is 0 Å². The van der Waals surface area contributed by atoms with Crippen LogP contribution in [0.25, 0.3) is 0 Å². The van der Waals surface area contributed by atoms with Gasteiger partial charge in [-0.05, 0) is 35.4 Å². The van der Waals surface area contributed by atoms with Crippen LogP contribution in [0.15, 0.2) is 48.5 Å². The highest BCUT2D eigenvalue weighted by atomic mass is 16.2. The molecule has 0 radical (unpaired) electrons. The van der Waals surface area contributed by atoms with Gasteiger partial charge in [0.1, 0.15) is 5.78 Å². The number of nitrogens with zero attached hydrogens (tertiary/aromatic N) is 1. The van der Waals surface area contributed by atoms with Gasteiger partial charge in [0, 0.05) is 24.9 Å². The van der Waals surface area contributed by atoms with E-state index in [4.69, 9.17) is 0 Å². The van der Waals surface area contributed by atoms with E-state index in [0.29, 0.717) is 17.8 Å². The second-order valence-electron chi connectivity index (χ2n) is 7.68. The zero-order valence-corrected chi connectivity index (χ0v) is 15.2. The fourth-order valence-electron chi connectivity index (χ4n) is 5.11. The number of hydrogen-bond donors (Lipinski definition) is 1. The number of amides is 3. The van der Waals surface area contributed by atoms with E-state index in [-0.39, 0.29) is 29.4 Å². The van der Waals surface area contributed by atoms with E-state index in [1.54, 1.807) is 24.3 Å². The van der Waals surface area contributed by atoms with Crippen molar-refractivity contribution in [3.05, 3.63) is 59.7 Å². The maximum absolute atomic E-state index is 13.2. The van der Waals surface area contributed by atoms with Gasteiger partial charge in [-0.2, -0.15) is 0 Å². The number of imide groups is 1. The molecule has 6 rings (SSSR count). The van der Waals surface area contributed by atoms with E-state index < -0.39 is 17.8 Å². The van der Waals surface area contributed by atoms with E-state index in [0.717, 1.165) is 11.1 Å². The molecule has 0 spiro atoms. The second kappa shape index (κ2) is 5.86. The standard InChI is InChI=1S/C22H18N2O4/c1-11(25)23-12-6-8-13(9-7-12)24-21(27)19-16-10-17(26)18(20(19)22(24)28)15-5-3-2-4-14(15)16/h2-9,16,18-20H,10H2,1H3,(H,23,25)/t16-,18-,19+,20+/m1/s1. The van der Waals surface area contributed by atoms with Gasteiger partial charge in [-0.25, -0.2) is 0 Å². The molecule has 1 saturated heterocycles. The molecule has 1 heterocycles. The summed E-state index contributed by atoms with van der Waals surface area (Å²) in [4.78, 5) is 51.6. The molecule has 2 bridgehead atoms. The first-order valence-corrected chi connectivity index (χ1v) is 9.34. The van der Waals surface area contributed by atoms with Crippen molar-refractivity contribution in [1.82, 2.24) is 0 Å². The van der Waals surface area contributed by atoms with Crippen molar-refractivity contribution in [2.24, 2.45) is 11.8 Å². The van der Waals surface area contributed by atoms with Crippen LogP contribution < -0.4 is 10.2 Å². The third-order valence-electron chi connectivity index (χ3n) is 6.13. The van der Waals surface area contributed by atoms with Gasteiger partial charge in [-0.1, -0.05) is 24.3 Å². The highest BCUT2D eigenvalue weighted by molar-refractivity contribution is 6.24. The minimum Gasteiger partial charge on any atom is -0.326 e. The number of carbonyl (C=O) groups excluding carboxylic acids is 4. The molecular weight excluding hydrogens is 356 g/mol. The average Bonchev–Trinajstić information content (AvgIpc) is 2.94. The first kappa shape index (κ1) is 16.9. The molecule has 1 saturated carbocycles. The Bertz CT molecular complexity index is 1040. The van der Waals surface area contributed by atoms with Crippen LogP contribution >= 0.6 is 0 Å². The van der Waals surface area contributed by atoms with Crippen LogP contribution in [-0.2, 0) is 19.2 Å². The molecule has 140 valence electrons. The molecule has 1 aliphatic heterocycles. The third-order valence-corrected chi connectivity index (χ3v) is 6.13. The number of fused-ring (bicyclic) bond motifs is 1. The van der Waals surface area contributed by atoms with Crippen molar-refractivity contribution in [2.75, 3.05) is 10.2 Å². The van der Waals surface area contributed by atoms with Crippen LogP contribution in [0.5, 0.6) is 0 Å². The van der Waals surface area contributed by atoms with Crippen LogP contribution in [0.3, 0.4) is 0 Å². The van der Waals surface area contributed by atoms with E-state index in [1.165, 1.54) is 11.8 Å². The number of carbonyl (C=O) groups is 4. The van der Waals surface area contributed by atoms with Gasteiger partial charge in [0.25, 0.3) is 0 Å². The summed E-state index contributed by atoms with van der Waals surface area (Å²) in [7, 11) is 0. The maximum atomic E-state index is 13.2. The van der Waals surface area contributed by atoms with Crippen molar-refractivity contribution >= 4 is 34.9 Å². The minimum absolute atomic E-state index is 0.0500.